The summed E-state index contributed by atoms with van der Waals surface area (Å²) >= 11 is 3.46. The number of aromatic nitrogens is 1. The van der Waals surface area contributed by atoms with E-state index >= 15 is 0 Å². The van der Waals surface area contributed by atoms with Gasteiger partial charge in [0.1, 0.15) is 0 Å². The minimum Gasteiger partial charge on any atom is -0.380 e. The number of rotatable bonds is 1. The van der Waals surface area contributed by atoms with Gasteiger partial charge in [0.2, 0.25) is 0 Å². The Morgan fingerprint density at radius 1 is 1.71 bits per heavy atom. The van der Waals surface area contributed by atoms with E-state index in [0.29, 0.717) is 6.67 Å². The predicted molar refractivity (Wildman–Crippen MR) is 61.6 cm³/mol. The molecule has 1 aliphatic rings. The van der Waals surface area contributed by atoms with Gasteiger partial charge < -0.3 is 16.0 Å². The molecule has 0 unspecified atom stereocenters. The summed E-state index contributed by atoms with van der Waals surface area (Å²) in [5.41, 5.74) is 7.93. The van der Waals surface area contributed by atoms with Gasteiger partial charge in [-0.1, -0.05) is 0 Å². The molecule has 14 heavy (non-hydrogen) atoms. The van der Waals surface area contributed by atoms with Crippen LogP contribution in [0, 0.1) is 6.92 Å². The smallest absolute Gasteiger partial charge is 0.153 e. The molecule has 1 aliphatic heterocycles. The number of fused-ring (bicyclic) bond motifs is 1. The summed E-state index contributed by atoms with van der Waals surface area (Å²) in [6, 6.07) is 0. The van der Waals surface area contributed by atoms with E-state index in [1.807, 2.05) is 6.20 Å². The number of nitrogens with two attached hydrogens (primary N) is 1. The van der Waals surface area contributed by atoms with Crippen LogP contribution in [0.15, 0.2) is 10.7 Å². The fraction of sp³-hybridized carbons (Fsp3) is 0.444. The van der Waals surface area contributed by atoms with E-state index in [1.54, 1.807) is 0 Å². The molecule has 4 nitrogen and oxygen atoms in total. The highest BCUT2D eigenvalue weighted by molar-refractivity contribution is 9.10. The molecule has 0 spiro atoms. The van der Waals surface area contributed by atoms with Gasteiger partial charge in [0.05, 0.1) is 12.4 Å². The van der Waals surface area contributed by atoms with E-state index < -0.39 is 0 Å². The Bertz CT molecular complexity index is 353. The third-order valence-corrected chi connectivity index (χ3v) is 3.26. The summed E-state index contributed by atoms with van der Waals surface area (Å²) in [6.45, 7) is 4.42. The van der Waals surface area contributed by atoms with Crippen LogP contribution in [0.5, 0.6) is 0 Å². The Labute approximate surface area is 91.6 Å². The molecule has 1 aromatic heterocycles. The second-order valence-corrected chi connectivity index (χ2v) is 4.16. The molecule has 0 amide bonds. The van der Waals surface area contributed by atoms with E-state index in [2.05, 4.69) is 38.1 Å². The Morgan fingerprint density at radius 2 is 2.50 bits per heavy atom. The van der Waals surface area contributed by atoms with Gasteiger partial charge in [-0.05, 0) is 28.4 Å². The highest BCUT2D eigenvalue weighted by Crippen LogP contribution is 2.33. The first kappa shape index (κ1) is 9.73. The van der Waals surface area contributed by atoms with E-state index in [1.165, 1.54) is 5.56 Å². The lowest BCUT2D eigenvalue weighted by Gasteiger charge is -2.30. The van der Waals surface area contributed by atoms with Gasteiger partial charge in [-0.25, -0.2) is 4.98 Å². The van der Waals surface area contributed by atoms with Crippen molar-refractivity contribution >= 4 is 27.4 Å². The Hall–Kier alpha value is -0.810. The van der Waals surface area contributed by atoms with Gasteiger partial charge in [0.15, 0.2) is 5.82 Å². The molecule has 0 atom stereocenters. The zero-order chi connectivity index (χ0) is 10.1. The van der Waals surface area contributed by atoms with Crippen LogP contribution in [-0.2, 0) is 0 Å². The van der Waals surface area contributed by atoms with E-state index in [4.69, 9.17) is 5.73 Å². The molecular weight excluding hydrogens is 244 g/mol. The topological polar surface area (TPSA) is 54.2 Å². The lowest BCUT2D eigenvalue weighted by Crippen LogP contribution is -2.38. The number of halogens is 1. The molecule has 2 heterocycles. The number of nitrogens with zero attached hydrogens (tertiary/aromatic N) is 2. The fourth-order valence-electron chi connectivity index (χ4n) is 1.62. The van der Waals surface area contributed by atoms with Crippen LogP contribution in [-0.4, -0.2) is 24.7 Å². The van der Waals surface area contributed by atoms with E-state index in [-0.39, 0.29) is 0 Å². The molecule has 0 aliphatic carbocycles. The van der Waals surface area contributed by atoms with Crippen LogP contribution in [0.25, 0.3) is 0 Å². The standard InChI is InChI=1S/C9H13BrN4/c1-6-7(10)4-13-9-8(6)12-2-3-14(9)5-11/h4,12H,2-3,5,11H2,1H3. The maximum atomic E-state index is 5.65. The summed E-state index contributed by atoms with van der Waals surface area (Å²) in [5.74, 6) is 0.958. The van der Waals surface area contributed by atoms with Gasteiger partial charge in [-0.15, -0.1) is 0 Å². The summed E-state index contributed by atoms with van der Waals surface area (Å²) in [7, 11) is 0. The Morgan fingerprint density at radius 3 is 3.21 bits per heavy atom. The van der Waals surface area contributed by atoms with Crippen LogP contribution in [0.2, 0.25) is 0 Å². The molecular formula is C9H13BrN4. The number of anilines is 2. The maximum Gasteiger partial charge on any atom is 0.153 e. The minimum absolute atomic E-state index is 0.517. The number of pyridine rings is 1. The van der Waals surface area contributed by atoms with Crippen LogP contribution in [0.4, 0.5) is 11.5 Å². The molecule has 2 rings (SSSR count). The van der Waals surface area contributed by atoms with Crippen molar-refractivity contribution in [3.63, 3.8) is 0 Å². The first-order chi connectivity index (χ1) is 6.74. The summed E-state index contributed by atoms with van der Waals surface area (Å²) in [6.07, 6.45) is 1.82. The number of hydrogen-bond acceptors (Lipinski definition) is 4. The molecule has 0 bridgehead atoms. The quantitative estimate of drug-likeness (QED) is 0.796. The van der Waals surface area contributed by atoms with Crippen molar-refractivity contribution in [2.24, 2.45) is 5.73 Å². The number of hydrogen-bond donors (Lipinski definition) is 2. The zero-order valence-electron chi connectivity index (χ0n) is 8.05. The van der Waals surface area contributed by atoms with Crippen molar-refractivity contribution in [1.82, 2.24) is 4.98 Å². The maximum absolute atomic E-state index is 5.65. The molecule has 0 radical (unpaired) electrons. The van der Waals surface area contributed by atoms with Gasteiger partial charge in [0.25, 0.3) is 0 Å². The second kappa shape index (κ2) is 3.74. The molecule has 5 heteroatoms. The predicted octanol–water partition coefficient (Wildman–Crippen LogP) is 1.30. The minimum atomic E-state index is 0.517. The van der Waals surface area contributed by atoms with Crippen molar-refractivity contribution in [3.05, 3.63) is 16.2 Å². The summed E-state index contributed by atoms with van der Waals surface area (Å²) in [5, 5.41) is 3.35. The molecule has 0 saturated heterocycles. The molecule has 0 saturated carbocycles. The SMILES string of the molecule is Cc1c(Br)cnc2c1NCCN2CN. The second-order valence-electron chi connectivity index (χ2n) is 3.30. The first-order valence-electron chi connectivity index (χ1n) is 4.58. The molecule has 0 aromatic carbocycles. The third kappa shape index (κ3) is 1.46. The van der Waals surface area contributed by atoms with Crippen molar-refractivity contribution in [1.29, 1.82) is 0 Å². The molecule has 76 valence electrons. The van der Waals surface area contributed by atoms with Crippen molar-refractivity contribution < 1.29 is 0 Å². The van der Waals surface area contributed by atoms with Gasteiger partial charge in [-0.3, -0.25) is 0 Å². The summed E-state index contributed by atoms with van der Waals surface area (Å²) < 4.78 is 1.03. The van der Waals surface area contributed by atoms with Gasteiger partial charge in [0, 0.05) is 23.8 Å². The van der Waals surface area contributed by atoms with E-state index in [0.717, 1.165) is 29.1 Å². The lowest BCUT2D eigenvalue weighted by atomic mass is 10.2. The summed E-state index contributed by atoms with van der Waals surface area (Å²) in [4.78, 5) is 6.44. The van der Waals surface area contributed by atoms with Crippen LogP contribution >= 0.6 is 15.9 Å². The number of nitrogens with one attached hydrogen (secondary N) is 1. The fourth-order valence-corrected chi connectivity index (χ4v) is 1.92. The van der Waals surface area contributed by atoms with Crippen molar-refractivity contribution in [2.75, 3.05) is 30.0 Å². The first-order valence-corrected chi connectivity index (χ1v) is 5.37. The lowest BCUT2D eigenvalue weighted by molar-refractivity contribution is 0.779. The largest absolute Gasteiger partial charge is 0.380 e. The Balaban J connectivity index is 2.50. The van der Waals surface area contributed by atoms with Crippen LogP contribution in [0.1, 0.15) is 5.56 Å². The monoisotopic (exact) mass is 256 g/mol. The van der Waals surface area contributed by atoms with Crippen LogP contribution in [0.3, 0.4) is 0 Å². The van der Waals surface area contributed by atoms with Gasteiger partial charge in [-0.2, -0.15) is 0 Å². The van der Waals surface area contributed by atoms with Crippen molar-refractivity contribution in [2.45, 2.75) is 6.92 Å². The molecule has 3 N–H and O–H groups in total. The zero-order valence-corrected chi connectivity index (χ0v) is 9.63. The third-order valence-electron chi connectivity index (χ3n) is 2.46. The molecule has 1 aromatic rings. The van der Waals surface area contributed by atoms with Crippen molar-refractivity contribution in [3.8, 4) is 0 Å². The normalized spacial score (nSPS) is 14.9. The average molecular weight is 257 g/mol. The van der Waals surface area contributed by atoms with E-state index in [9.17, 15) is 0 Å². The van der Waals surface area contributed by atoms with Gasteiger partial charge >= 0.3 is 0 Å². The Kier molecular flexibility index (Phi) is 2.60. The highest BCUT2D eigenvalue weighted by Gasteiger charge is 2.19. The molecule has 0 fully saturated rings. The average Bonchev–Trinajstić information content (AvgIpc) is 2.23. The highest BCUT2D eigenvalue weighted by atomic mass is 79.9. The van der Waals surface area contributed by atoms with Crippen LogP contribution < -0.4 is 16.0 Å².